The van der Waals surface area contributed by atoms with Crippen LogP contribution in [0.4, 0.5) is 22.0 Å². The van der Waals surface area contributed by atoms with Crippen molar-refractivity contribution in [3.8, 4) is 5.75 Å². The lowest BCUT2D eigenvalue weighted by Crippen LogP contribution is -2.22. The van der Waals surface area contributed by atoms with Gasteiger partial charge in [-0.3, -0.25) is 4.79 Å². The third-order valence-electron chi connectivity index (χ3n) is 1.68. The fourth-order valence-corrected chi connectivity index (χ4v) is 1.51. The predicted octanol–water partition coefficient (Wildman–Crippen LogP) is 3.11. The maximum Gasteiger partial charge on any atom is 0.573 e. The molecule has 0 amide bonds. The molecule has 0 saturated heterocycles. The smallest absolute Gasteiger partial charge is 0.403 e. The molecular formula is C8H5BrF5NO2. The number of H-pyrrole nitrogens is 1. The Morgan fingerprint density at radius 1 is 1.41 bits per heavy atom. The van der Waals surface area contributed by atoms with Gasteiger partial charge in [0.05, 0.1) is 11.3 Å². The maximum absolute atomic E-state index is 12.5. The largest absolute Gasteiger partial charge is 0.573 e. The Morgan fingerprint density at radius 3 is 2.41 bits per heavy atom. The monoisotopic (exact) mass is 321 g/mol. The summed E-state index contributed by atoms with van der Waals surface area (Å²) in [6, 6.07) is 0.373. The number of nitrogens with one attached hydrogen (secondary N) is 1. The summed E-state index contributed by atoms with van der Waals surface area (Å²) in [6.07, 6.45) is -8.36. The maximum atomic E-state index is 12.5. The Bertz CT molecular complexity index is 456. The third-order valence-corrected chi connectivity index (χ3v) is 2.24. The first-order valence-electron chi connectivity index (χ1n) is 4.10. The van der Waals surface area contributed by atoms with E-state index in [1.165, 1.54) is 0 Å². The molecule has 1 N–H and O–H groups in total. The normalized spacial score (nSPS) is 11.9. The van der Waals surface area contributed by atoms with Crippen LogP contribution in [0.25, 0.3) is 0 Å². The van der Waals surface area contributed by atoms with Crippen molar-refractivity contribution in [3.05, 3.63) is 27.7 Å². The van der Waals surface area contributed by atoms with Crippen LogP contribution in [0.2, 0.25) is 0 Å². The summed E-state index contributed by atoms with van der Waals surface area (Å²) in [5.41, 5.74) is -2.42. The standard InChI is InChI=1S/C8H5BrF5NO2/c9-2-4-6(17-8(12,13)14)3(7(10)11)1-5(16)15-4/h1,7H,2H2,(H,15,16). The van der Waals surface area contributed by atoms with Crippen LogP contribution in [-0.2, 0) is 5.33 Å². The Morgan fingerprint density at radius 2 is 2.00 bits per heavy atom. The van der Waals surface area contributed by atoms with Crippen molar-refractivity contribution >= 4 is 15.9 Å². The summed E-state index contributed by atoms with van der Waals surface area (Å²) < 4.78 is 64.5. The highest BCUT2D eigenvalue weighted by Gasteiger charge is 2.34. The third kappa shape index (κ3) is 3.69. The van der Waals surface area contributed by atoms with E-state index in [9.17, 15) is 26.7 Å². The lowest BCUT2D eigenvalue weighted by molar-refractivity contribution is -0.275. The van der Waals surface area contributed by atoms with Gasteiger partial charge in [-0.2, -0.15) is 0 Å². The van der Waals surface area contributed by atoms with E-state index >= 15 is 0 Å². The minimum Gasteiger partial charge on any atom is -0.403 e. The molecule has 0 saturated carbocycles. The van der Waals surface area contributed by atoms with E-state index < -0.39 is 35.4 Å². The van der Waals surface area contributed by atoms with Gasteiger partial charge in [-0.15, -0.1) is 13.2 Å². The number of halogens is 6. The molecule has 0 fully saturated rings. The van der Waals surface area contributed by atoms with Crippen molar-refractivity contribution in [2.45, 2.75) is 18.1 Å². The highest BCUT2D eigenvalue weighted by atomic mass is 79.9. The Balaban J connectivity index is 3.37. The molecular weight excluding hydrogens is 317 g/mol. The minimum atomic E-state index is -5.11. The first-order valence-corrected chi connectivity index (χ1v) is 5.22. The van der Waals surface area contributed by atoms with Crippen molar-refractivity contribution in [2.24, 2.45) is 0 Å². The summed E-state index contributed by atoms with van der Waals surface area (Å²) in [5.74, 6) is -1.08. The minimum absolute atomic E-state index is 0.256. The zero-order chi connectivity index (χ0) is 13.2. The Labute approximate surface area is 99.7 Å². The number of ether oxygens (including phenoxy) is 1. The van der Waals surface area contributed by atoms with Gasteiger partial charge in [-0.25, -0.2) is 8.78 Å². The van der Waals surface area contributed by atoms with Crippen LogP contribution in [0.5, 0.6) is 5.75 Å². The van der Waals surface area contributed by atoms with Gasteiger partial charge in [-0.05, 0) is 0 Å². The topological polar surface area (TPSA) is 42.1 Å². The second kappa shape index (κ2) is 5.03. The number of rotatable bonds is 3. The summed E-state index contributed by atoms with van der Waals surface area (Å²) in [7, 11) is 0. The highest BCUT2D eigenvalue weighted by Crippen LogP contribution is 2.34. The van der Waals surface area contributed by atoms with Crippen molar-refractivity contribution in [3.63, 3.8) is 0 Å². The second-order valence-corrected chi connectivity index (χ2v) is 3.44. The van der Waals surface area contributed by atoms with E-state index in [0.717, 1.165) is 0 Å². The molecule has 96 valence electrons. The van der Waals surface area contributed by atoms with Crippen molar-refractivity contribution in [1.29, 1.82) is 0 Å². The van der Waals surface area contributed by atoms with Gasteiger partial charge in [-0.1, -0.05) is 15.9 Å². The summed E-state index contributed by atoms with van der Waals surface area (Å²) >= 11 is 2.77. The number of pyridine rings is 1. The van der Waals surface area contributed by atoms with E-state index in [0.29, 0.717) is 6.07 Å². The molecule has 1 rings (SSSR count). The molecule has 9 heteroatoms. The van der Waals surface area contributed by atoms with Crippen LogP contribution >= 0.6 is 15.9 Å². The van der Waals surface area contributed by atoms with Gasteiger partial charge in [0.1, 0.15) is 0 Å². The molecule has 0 spiro atoms. The van der Waals surface area contributed by atoms with Crippen LogP contribution in [0.1, 0.15) is 17.7 Å². The second-order valence-electron chi connectivity index (χ2n) is 2.88. The van der Waals surface area contributed by atoms with Gasteiger partial charge in [0.2, 0.25) is 5.56 Å². The zero-order valence-electron chi connectivity index (χ0n) is 7.95. The molecule has 3 nitrogen and oxygen atoms in total. The first kappa shape index (κ1) is 13.9. The fraction of sp³-hybridized carbons (Fsp3) is 0.375. The number of aromatic amines is 1. The van der Waals surface area contributed by atoms with Crippen LogP contribution in [0.15, 0.2) is 10.9 Å². The fourth-order valence-electron chi connectivity index (χ4n) is 1.12. The molecule has 0 atom stereocenters. The molecule has 0 aliphatic carbocycles. The number of aromatic nitrogens is 1. The predicted molar refractivity (Wildman–Crippen MR) is 51.3 cm³/mol. The molecule has 1 heterocycles. The molecule has 0 aliphatic rings. The number of alkyl halides is 6. The molecule has 17 heavy (non-hydrogen) atoms. The van der Waals surface area contributed by atoms with Crippen molar-refractivity contribution in [2.75, 3.05) is 0 Å². The summed E-state index contributed by atoms with van der Waals surface area (Å²) in [4.78, 5) is 12.9. The van der Waals surface area contributed by atoms with Gasteiger partial charge < -0.3 is 9.72 Å². The molecule has 0 bridgehead atoms. The van der Waals surface area contributed by atoms with Crippen molar-refractivity contribution < 1.29 is 26.7 Å². The van der Waals surface area contributed by atoms with Gasteiger partial charge >= 0.3 is 6.36 Å². The van der Waals surface area contributed by atoms with Gasteiger partial charge in [0.15, 0.2) is 5.75 Å². The molecule has 1 aromatic rings. The average molecular weight is 322 g/mol. The van der Waals surface area contributed by atoms with Crippen LogP contribution in [0.3, 0.4) is 0 Å². The Kier molecular flexibility index (Phi) is 4.12. The molecule has 0 aliphatic heterocycles. The van der Waals surface area contributed by atoms with Gasteiger partial charge in [0, 0.05) is 11.4 Å². The molecule has 1 aromatic heterocycles. The SMILES string of the molecule is O=c1cc(C(F)F)c(OC(F)(F)F)c(CBr)[nH]1. The van der Waals surface area contributed by atoms with Crippen LogP contribution in [0, 0.1) is 0 Å². The number of hydrogen-bond acceptors (Lipinski definition) is 2. The van der Waals surface area contributed by atoms with E-state index in [1.54, 1.807) is 0 Å². The van der Waals surface area contributed by atoms with Crippen molar-refractivity contribution in [1.82, 2.24) is 4.98 Å². The lowest BCUT2D eigenvalue weighted by Gasteiger charge is -2.15. The average Bonchev–Trinajstić information content (AvgIpc) is 2.17. The molecule has 0 radical (unpaired) electrons. The quantitative estimate of drug-likeness (QED) is 0.686. The zero-order valence-corrected chi connectivity index (χ0v) is 9.53. The lowest BCUT2D eigenvalue weighted by atomic mass is 10.2. The number of hydrogen-bond donors (Lipinski definition) is 1. The summed E-state index contributed by atoms with van der Waals surface area (Å²) in [5, 5.41) is -0.256. The Hall–Kier alpha value is -1.12. The molecule has 0 unspecified atom stereocenters. The van der Waals surface area contributed by atoms with E-state index in [1.807, 2.05) is 4.98 Å². The van der Waals surface area contributed by atoms with Gasteiger partial charge in [0.25, 0.3) is 6.43 Å². The van der Waals surface area contributed by atoms with E-state index in [4.69, 9.17) is 0 Å². The summed E-state index contributed by atoms with van der Waals surface area (Å²) in [6.45, 7) is 0. The molecule has 0 aromatic carbocycles. The highest BCUT2D eigenvalue weighted by molar-refractivity contribution is 9.08. The van der Waals surface area contributed by atoms with E-state index in [2.05, 4.69) is 20.7 Å². The van der Waals surface area contributed by atoms with Crippen LogP contribution in [-0.4, -0.2) is 11.3 Å². The van der Waals surface area contributed by atoms with E-state index in [-0.39, 0.29) is 5.33 Å². The first-order chi connectivity index (χ1) is 7.74. The van der Waals surface area contributed by atoms with Crippen LogP contribution < -0.4 is 10.3 Å².